The number of methoxy groups -OCH3 is 2. The van der Waals surface area contributed by atoms with Gasteiger partial charge in [0, 0.05) is 37.6 Å². The lowest BCUT2D eigenvalue weighted by Crippen LogP contribution is -2.33. The third kappa shape index (κ3) is 34.9. The van der Waals surface area contributed by atoms with Crippen LogP contribution in [0, 0.1) is 23.7 Å². The van der Waals surface area contributed by atoms with Gasteiger partial charge >= 0.3 is 17.9 Å². The second-order valence-corrected chi connectivity index (χ2v) is 13.9. The molecule has 7 atom stereocenters. The van der Waals surface area contributed by atoms with Crippen molar-refractivity contribution in [3.8, 4) is 0 Å². The van der Waals surface area contributed by atoms with Crippen LogP contribution >= 0.6 is 34.8 Å². The van der Waals surface area contributed by atoms with Crippen LogP contribution in [0.25, 0.3) is 0 Å². The van der Waals surface area contributed by atoms with Gasteiger partial charge in [-0.15, -0.1) is 28.3 Å². The summed E-state index contributed by atoms with van der Waals surface area (Å²) in [4.78, 5) is 69.7. The number of nitrogens with zero attached hydrogens (tertiary/aromatic N) is 1. The molecule has 326 valence electrons. The lowest BCUT2D eigenvalue weighted by Gasteiger charge is -2.14. The van der Waals surface area contributed by atoms with E-state index in [1.807, 2.05) is 55.4 Å². The maximum atomic E-state index is 11.3. The van der Waals surface area contributed by atoms with E-state index in [0.717, 1.165) is 38.7 Å². The van der Waals surface area contributed by atoms with Gasteiger partial charge in [0.15, 0.2) is 0 Å². The zero-order chi connectivity index (χ0) is 43.5. The van der Waals surface area contributed by atoms with E-state index in [9.17, 15) is 28.8 Å². The van der Waals surface area contributed by atoms with Crippen LogP contribution in [0.2, 0.25) is 0 Å². The van der Waals surface area contributed by atoms with Crippen LogP contribution in [0.5, 0.6) is 0 Å². The van der Waals surface area contributed by atoms with Crippen LogP contribution in [-0.2, 0) is 57.3 Å². The Morgan fingerprint density at radius 2 is 1.18 bits per heavy atom. The van der Waals surface area contributed by atoms with Crippen molar-refractivity contribution in [3.63, 3.8) is 0 Å². The number of epoxide rings is 1. The fraction of sp³-hybridized carbons (Fsp3) is 0.846. The Kier molecular flexibility index (Phi) is 42.1. The number of hydrogen-bond donors (Lipinski definition) is 0. The summed E-state index contributed by atoms with van der Waals surface area (Å²) in [5, 5.41) is 0.344. The van der Waals surface area contributed by atoms with Gasteiger partial charge in [0.1, 0.15) is 12.7 Å². The van der Waals surface area contributed by atoms with E-state index in [1.54, 1.807) is 14.0 Å². The van der Waals surface area contributed by atoms with Gasteiger partial charge in [-0.05, 0) is 57.0 Å². The number of hydrogen-bond acceptors (Lipinski definition) is 12. The van der Waals surface area contributed by atoms with Crippen LogP contribution in [0.15, 0.2) is 0 Å². The van der Waals surface area contributed by atoms with Crippen LogP contribution in [0.3, 0.4) is 0 Å². The van der Waals surface area contributed by atoms with E-state index in [4.69, 9.17) is 53.8 Å². The Hall–Kier alpha value is -2.03. The molecule has 0 aromatic carbocycles. The number of esters is 2. The quantitative estimate of drug-likeness (QED) is 0.0427. The number of carbonyl (C=O) groups excluding carboxylic acids is 6. The van der Waals surface area contributed by atoms with Crippen LogP contribution in [0.1, 0.15) is 128 Å². The van der Waals surface area contributed by atoms with Crippen LogP contribution < -0.4 is 0 Å². The third-order valence-corrected chi connectivity index (χ3v) is 9.13. The number of amides is 2. The Morgan fingerprint density at radius 3 is 1.45 bits per heavy atom. The van der Waals surface area contributed by atoms with E-state index >= 15 is 0 Å². The first-order valence-corrected chi connectivity index (χ1v) is 20.7. The molecule has 0 aliphatic carbocycles. The van der Waals surface area contributed by atoms with Gasteiger partial charge in [0.2, 0.25) is 5.24 Å². The Bertz CT molecular complexity index is 1010. The van der Waals surface area contributed by atoms with Crippen molar-refractivity contribution in [3.05, 3.63) is 0 Å². The number of hydroxylamine groups is 2. The molecule has 0 saturated carbocycles. The van der Waals surface area contributed by atoms with E-state index in [2.05, 4.69) is 23.4 Å². The van der Waals surface area contributed by atoms with Crippen molar-refractivity contribution in [1.29, 1.82) is 0 Å². The van der Waals surface area contributed by atoms with E-state index in [-0.39, 0.29) is 65.9 Å². The predicted molar refractivity (Wildman–Crippen MR) is 217 cm³/mol. The highest BCUT2D eigenvalue weighted by atomic mass is 35.5. The van der Waals surface area contributed by atoms with Gasteiger partial charge < -0.3 is 28.5 Å². The molecule has 0 aromatic heterocycles. The molecule has 2 saturated heterocycles. The fourth-order valence-electron chi connectivity index (χ4n) is 2.88. The summed E-state index contributed by atoms with van der Waals surface area (Å²) in [7, 11) is 3.09. The SMILES string of the molecule is CCC(C)C(=O)Cl.CCC(C)C(=O)OC.CCC(C)C(=O)OCC1CO1.CCC(C)C(=O)ON1C(=O)CCC1=O.CCC(C)OCCCl.CCC(CCl)OC. The second-order valence-electron chi connectivity index (χ2n) is 12.8. The predicted octanol–water partition coefficient (Wildman–Crippen LogP) is 8.31. The van der Waals surface area contributed by atoms with Gasteiger partial charge in [0.25, 0.3) is 11.8 Å². The van der Waals surface area contributed by atoms with Crippen molar-refractivity contribution in [2.45, 2.75) is 146 Å². The van der Waals surface area contributed by atoms with E-state index < -0.39 is 17.8 Å². The summed E-state index contributed by atoms with van der Waals surface area (Å²) in [6.45, 7) is 23.0. The molecular weight excluding hydrogens is 781 g/mol. The molecular formula is C39H72Cl3NO12. The summed E-state index contributed by atoms with van der Waals surface area (Å²) < 4.78 is 24.4. The third-order valence-electron chi connectivity index (χ3n) is 8.26. The highest BCUT2D eigenvalue weighted by Crippen LogP contribution is 2.15. The molecule has 55 heavy (non-hydrogen) atoms. The van der Waals surface area contributed by atoms with Crippen molar-refractivity contribution in [2.75, 3.05) is 45.8 Å². The Labute approximate surface area is 346 Å². The first-order valence-electron chi connectivity index (χ1n) is 19.2. The summed E-state index contributed by atoms with van der Waals surface area (Å²) in [5.41, 5.74) is 0. The molecule has 2 aliphatic heterocycles. The average molecular weight is 853 g/mol. The molecule has 2 fully saturated rings. The zero-order valence-electron chi connectivity index (χ0n) is 35.7. The first kappa shape index (κ1) is 59.7. The molecule has 0 N–H and O–H groups in total. The molecule has 0 spiro atoms. The molecule has 16 heteroatoms. The molecule has 2 heterocycles. The van der Waals surface area contributed by atoms with Crippen molar-refractivity contribution < 1.29 is 57.3 Å². The van der Waals surface area contributed by atoms with Crippen LogP contribution in [-0.4, -0.2) is 104 Å². The molecule has 13 nitrogen and oxygen atoms in total. The Balaban J connectivity index is -0.000000291. The number of carbonyl (C=O) groups is 6. The summed E-state index contributed by atoms with van der Waals surface area (Å²) in [5.74, 6) is -0.617. The minimum absolute atomic E-state index is 0.0220. The standard InChI is InChI=1S/C9H13NO4.C8H14O3.C6H13ClO.C6H12O2.C5H11ClO.C5H9ClO/c1-3-6(2)9(13)14-10-7(11)4-5-8(10)12;1-3-6(2)8(9)11-5-7-4-10-7;1-3-6(2)8-5-4-7;1-4-5(2)6(7)8-3;1-3-5(4-6)7-2;1-3-4(2)5(6)7/h6H,3-5H2,1-2H3;6-7H,3-5H2,1-2H3;6H,3-5H2,1-2H3;5H,4H2,1-3H3;5H,3-4H2,1-2H3;4H,3H2,1-2H3. The maximum absolute atomic E-state index is 11.3. The lowest BCUT2D eigenvalue weighted by molar-refractivity contribution is -0.200. The highest BCUT2D eigenvalue weighted by molar-refractivity contribution is 6.63. The zero-order valence-corrected chi connectivity index (χ0v) is 38.0. The molecule has 2 rings (SSSR count). The molecule has 0 radical (unpaired) electrons. The van der Waals surface area contributed by atoms with Gasteiger partial charge in [-0.25, -0.2) is 4.79 Å². The maximum Gasteiger partial charge on any atom is 0.335 e. The minimum Gasteiger partial charge on any atom is -0.469 e. The summed E-state index contributed by atoms with van der Waals surface area (Å²) >= 11 is 15.9. The average Bonchev–Trinajstić information content (AvgIpc) is 3.99. The minimum atomic E-state index is -0.531. The van der Waals surface area contributed by atoms with Gasteiger partial charge in [-0.1, -0.05) is 69.2 Å². The first-order chi connectivity index (χ1) is 25.8. The van der Waals surface area contributed by atoms with Crippen molar-refractivity contribution in [2.24, 2.45) is 23.7 Å². The fourth-order valence-corrected chi connectivity index (χ4v) is 3.47. The summed E-state index contributed by atoms with van der Waals surface area (Å²) in [6.07, 6.45) is 6.28. The van der Waals surface area contributed by atoms with Gasteiger partial charge in [0.05, 0.1) is 50.3 Å². The van der Waals surface area contributed by atoms with Crippen LogP contribution in [0.4, 0.5) is 0 Å². The molecule has 0 bridgehead atoms. The Morgan fingerprint density at radius 1 is 0.727 bits per heavy atom. The topological polar surface area (TPSA) is 164 Å². The lowest BCUT2D eigenvalue weighted by atomic mass is 10.1. The molecule has 0 aromatic rings. The van der Waals surface area contributed by atoms with Crippen molar-refractivity contribution in [1.82, 2.24) is 5.06 Å². The largest absolute Gasteiger partial charge is 0.469 e. The number of alkyl halides is 2. The second kappa shape index (κ2) is 38.8. The molecule has 7 unspecified atom stereocenters. The van der Waals surface area contributed by atoms with Crippen molar-refractivity contribution >= 4 is 69.8 Å². The van der Waals surface area contributed by atoms with Gasteiger partial charge in [-0.2, -0.15) is 0 Å². The molecule has 2 aliphatic rings. The van der Waals surface area contributed by atoms with E-state index in [0.29, 0.717) is 42.6 Å². The van der Waals surface area contributed by atoms with Gasteiger partial charge in [-0.3, -0.25) is 24.0 Å². The number of ether oxygens (including phenoxy) is 5. The number of halogens is 3. The molecule has 2 amide bonds. The normalized spacial score (nSPS) is 17.0. The smallest absolute Gasteiger partial charge is 0.335 e. The number of rotatable bonds is 18. The van der Waals surface area contributed by atoms with E-state index in [1.165, 1.54) is 7.11 Å². The summed E-state index contributed by atoms with van der Waals surface area (Å²) in [6, 6.07) is 0. The number of imide groups is 1. The highest BCUT2D eigenvalue weighted by Gasteiger charge is 2.33. The monoisotopic (exact) mass is 851 g/mol.